The Morgan fingerprint density at radius 3 is 2.69 bits per heavy atom. The van der Waals surface area contributed by atoms with Crippen LogP contribution >= 0.6 is 0 Å². The van der Waals surface area contributed by atoms with Crippen molar-refractivity contribution in [3.8, 4) is 0 Å². The summed E-state index contributed by atoms with van der Waals surface area (Å²) in [6.07, 6.45) is 1.38. The molecule has 0 amide bonds. The van der Waals surface area contributed by atoms with E-state index in [4.69, 9.17) is 0 Å². The molecular formula is C22H24N2O2. The largest absolute Gasteiger partial charge is 0.480 e. The topological polar surface area (TPSA) is 45.5 Å². The Kier molecular flexibility index (Phi) is 4.29. The van der Waals surface area contributed by atoms with Crippen LogP contribution in [0.2, 0.25) is 0 Å². The number of carbonyl (C=O) groups is 1. The van der Waals surface area contributed by atoms with E-state index in [9.17, 15) is 9.90 Å². The number of likely N-dealkylation sites (N-methyl/N-ethyl adjacent to an activating group) is 1. The minimum absolute atomic E-state index is 0.496. The van der Waals surface area contributed by atoms with E-state index in [0.717, 1.165) is 30.6 Å². The summed E-state index contributed by atoms with van der Waals surface area (Å²) in [4.78, 5) is 14.5. The Balaban J connectivity index is 1.90. The molecule has 1 N–H and O–H groups in total. The second-order valence-electron chi connectivity index (χ2n) is 7.35. The molecule has 0 saturated carbocycles. The fourth-order valence-corrected chi connectivity index (χ4v) is 4.12. The number of carboxylic acids is 1. The lowest BCUT2D eigenvalue weighted by atomic mass is 10.0. The number of hydrogen-bond acceptors (Lipinski definition) is 2. The van der Waals surface area contributed by atoms with Crippen molar-refractivity contribution in [1.29, 1.82) is 0 Å². The van der Waals surface area contributed by atoms with E-state index in [-0.39, 0.29) is 0 Å². The van der Waals surface area contributed by atoms with Crippen LogP contribution in [-0.4, -0.2) is 34.1 Å². The third kappa shape index (κ3) is 2.90. The van der Waals surface area contributed by atoms with Crippen LogP contribution in [0.1, 0.15) is 28.4 Å². The van der Waals surface area contributed by atoms with Crippen LogP contribution in [0.3, 0.4) is 0 Å². The molecule has 1 aliphatic heterocycles. The molecule has 0 spiro atoms. The zero-order chi connectivity index (χ0) is 18.3. The minimum Gasteiger partial charge on any atom is -0.480 e. The number of aromatic nitrogens is 1. The standard InChI is InChI=1S/C22H24N2O2/c1-15-8-9-19-17(12-15)18-14-23(2)11-10-20(18)24(19)21(22(25)26)13-16-6-4-3-5-7-16/h3-9,12,21H,10-11,13-14H2,1-2H3,(H,25,26). The highest BCUT2D eigenvalue weighted by atomic mass is 16.4. The Bertz CT molecular complexity index is 959. The Labute approximate surface area is 153 Å². The lowest BCUT2D eigenvalue weighted by Gasteiger charge is -2.26. The summed E-state index contributed by atoms with van der Waals surface area (Å²) >= 11 is 0. The molecule has 4 nitrogen and oxygen atoms in total. The maximum Gasteiger partial charge on any atom is 0.327 e. The Morgan fingerprint density at radius 1 is 1.19 bits per heavy atom. The summed E-state index contributed by atoms with van der Waals surface area (Å²) in [5.74, 6) is -0.770. The summed E-state index contributed by atoms with van der Waals surface area (Å²) < 4.78 is 2.09. The van der Waals surface area contributed by atoms with Gasteiger partial charge in [-0.1, -0.05) is 42.0 Å². The Morgan fingerprint density at radius 2 is 1.96 bits per heavy atom. The van der Waals surface area contributed by atoms with Crippen LogP contribution in [0.15, 0.2) is 48.5 Å². The van der Waals surface area contributed by atoms with Crippen LogP contribution in [0.4, 0.5) is 0 Å². The van der Waals surface area contributed by atoms with Gasteiger partial charge in [-0.05, 0) is 37.2 Å². The average Bonchev–Trinajstić information content (AvgIpc) is 2.93. The molecule has 0 bridgehead atoms. The molecule has 26 heavy (non-hydrogen) atoms. The number of benzene rings is 2. The first-order valence-electron chi connectivity index (χ1n) is 9.12. The van der Waals surface area contributed by atoms with E-state index in [1.807, 2.05) is 30.3 Å². The summed E-state index contributed by atoms with van der Waals surface area (Å²) in [6, 6.07) is 15.7. The van der Waals surface area contributed by atoms with Crippen molar-refractivity contribution < 1.29 is 9.90 Å². The van der Waals surface area contributed by atoms with E-state index >= 15 is 0 Å². The van der Waals surface area contributed by atoms with E-state index in [2.05, 4.69) is 41.6 Å². The first-order valence-corrected chi connectivity index (χ1v) is 9.12. The van der Waals surface area contributed by atoms with E-state index in [0.29, 0.717) is 6.42 Å². The zero-order valence-electron chi connectivity index (χ0n) is 15.3. The molecule has 0 aliphatic carbocycles. The molecule has 134 valence electrons. The van der Waals surface area contributed by atoms with Gasteiger partial charge in [-0.15, -0.1) is 0 Å². The average molecular weight is 348 g/mol. The van der Waals surface area contributed by atoms with Crippen molar-refractivity contribution in [2.75, 3.05) is 13.6 Å². The first kappa shape index (κ1) is 16.9. The number of carboxylic acid groups (broad SMARTS) is 1. The van der Waals surface area contributed by atoms with Crippen LogP contribution in [0.5, 0.6) is 0 Å². The maximum absolute atomic E-state index is 12.2. The molecule has 3 aromatic rings. The fourth-order valence-electron chi connectivity index (χ4n) is 4.12. The molecule has 1 aromatic heterocycles. The van der Waals surface area contributed by atoms with Gasteiger partial charge in [-0.25, -0.2) is 4.79 Å². The summed E-state index contributed by atoms with van der Waals surface area (Å²) in [6.45, 7) is 3.92. The molecule has 2 aromatic carbocycles. The molecule has 1 atom stereocenters. The van der Waals surface area contributed by atoms with Crippen LogP contribution in [0.25, 0.3) is 10.9 Å². The molecule has 4 rings (SSSR count). The number of fused-ring (bicyclic) bond motifs is 3. The molecule has 2 heterocycles. The first-order chi connectivity index (χ1) is 12.5. The van der Waals surface area contributed by atoms with Gasteiger partial charge in [0, 0.05) is 42.5 Å². The van der Waals surface area contributed by atoms with Crippen LogP contribution in [-0.2, 0) is 24.2 Å². The molecule has 0 saturated heterocycles. The predicted molar refractivity (Wildman–Crippen MR) is 104 cm³/mol. The molecule has 4 heteroatoms. The number of aryl methyl sites for hydroxylation is 1. The van der Waals surface area contributed by atoms with Crippen molar-refractivity contribution in [2.24, 2.45) is 0 Å². The number of hydrogen-bond donors (Lipinski definition) is 1. The highest BCUT2D eigenvalue weighted by Crippen LogP contribution is 2.35. The normalized spacial score (nSPS) is 15.8. The van der Waals surface area contributed by atoms with E-state index < -0.39 is 12.0 Å². The van der Waals surface area contributed by atoms with E-state index in [1.165, 1.54) is 22.2 Å². The summed E-state index contributed by atoms with van der Waals surface area (Å²) in [5, 5.41) is 11.2. The molecule has 0 fully saturated rings. The highest BCUT2D eigenvalue weighted by Gasteiger charge is 2.29. The van der Waals surface area contributed by atoms with Gasteiger partial charge in [0.1, 0.15) is 6.04 Å². The molecule has 1 unspecified atom stereocenters. The fraction of sp³-hybridized carbons (Fsp3) is 0.318. The second kappa shape index (κ2) is 6.61. The number of rotatable bonds is 4. The third-order valence-electron chi connectivity index (χ3n) is 5.40. The Hall–Kier alpha value is -2.59. The minimum atomic E-state index is -0.770. The van der Waals surface area contributed by atoms with Crippen molar-refractivity contribution in [1.82, 2.24) is 9.47 Å². The predicted octanol–water partition coefficient (Wildman–Crippen LogP) is 3.81. The van der Waals surface area contributed by atoms with Crippen molar-refractivity contribution in [3.63, 3.8) is 0 Å². The van der Waals surface area contributed by atoms with Gasteiger partial charge < -0.3 is 14.6 Å². The molecular weight excluding hydrogens is 324 g/mol. The van der Waals surface area contributed by atoms with E-state index in [1.54, 1.807) is 0 Å². The van der Waals surface area contributed by atoms with Gasteiger partial charge >= 0.3 is 5.97 Å². The highest BCUT2D eigenvalue weighted by molar-refractivity contribution is 5.88. The van der Waals surface area contributed by atoms with Crippen LogP contribution in [0, 0.1) is 6.92 Å². The number of nitrogens with zero attached hydrogens (tertiary/aromatic N) is 2. The summed E-state index contributed by atoms with van der Waals surface area (Å²) in [5.41, 5.74) is 5.78. The van der Waals surface area contributed by atoms with Gasteiger partial charge in [0.05, 0.1) is 0 Å². The maximum atomic E-state index is 12.2. The number of aliphatic carboxylic acids is 1. The monoisotopic (exact) mass is 348 g/mol. The van der Waals surface area contributed by atoms with Gasteiger partial charge in [0.2, 0.25) is 0 Å². The van der Waals surface area contributed by atoms with Crippen molar-refractivity contribution >= 4 is 16.9 Å². The second-order valence-corrected chi connectivity index (χ2v) is 7.35. The SMILES string of the molecule is Cc1ccc2c(c1)c1c(n2C(Cc2ccccc2)C(=O)O)CCN(C)C1. The molecule has 0 radical (unpaired) electrons. The third-order valence-corrected chi connectivity index (χ3v) is 5.40. The van der Waals surface area contributed by atoms with Crippen LogP contribution < -0.4 is 0 Å². The van der Waals surface area contributed by atoms with Gasteiger partial charge in [0.15, 0.2) is 0 Å². The molecule has 1 aliphatic rings. The lowest BCUT2D eigenvalue weighted by Crippen LogP contribution is -2.30. The lowest BCUT2D eigenvalue weighted by molar-refractivity contribution is -0.140. The zero-order valence-corrected chi connectivity index (χ0v) is 15.3. The summed E-state index contributed by atoms with van der Waals surface area (Å²) in [7, 11) is 2.13. The van der Waals surface area contributed by atoms with Gasteiger partial charge in [-0.3, -0.25) is 0 Å². The quantitative estimate of drug-likeness (QED) is 0.780. The van der Waals surface area contributed by atoms with Gasteiger partial charge in [-0.2, -0.15) is 0 Å². The van der Waals surface area contributed by atoms with Crippen molar-refractivity contribution in [3.05, 3.63) is 70.9 Å². The van der Waals surface area contributed by atoms with Crippen molar-refractivity contribution in [2.45, 2.75) is 32.4 Å². The smallest absolute Gasteiger partial charge is 0.327 e. The van der Waals surface area contributed by atoms with Gasteiger partial charge in [0.25, 0.3) is 0 Å².